The number of aryl methyl sites for hydroxylation is 3. The zero-order chi connectivity index (χ0) is 51.4. The Bertz CT molecular complexity index is 2890. The fourth-order valence-electron chi connectivity index (χ4n) is 8.87. The summed E-state index contributed by atoms with van der Waals surface area (Å²) in [5.74, 6) is -1.95. The molecule has 0 spiro atoms. The van der Waals surface area contributed by atoms with E-state index in [9.17, 15) is 34.3 Å². The second kappa shape index (κ2) is 21.6. The van der Waals surface area contributed by atoms with Crippen LogP contribution < -0.4 is 25.2 Å². The maximum atomic E-state index is 15.9. The molecule has 2 fully saturated rings. The van der Waals surface area contributed by atoms with E-state index < -0.39 is 46.8 Å². The molecule has 2 aliphatic rings. The molecule has 2 saturated heterocycles. The molecule has 1 aromatic heterocycles. The third kappa shape index (κ3) is 11.7. The first-order valence-corrected chi connectivity index (χ1v) is 24.8. The first-order chi connectivity index (χ1) is 33.7. The topological polar surface area (TPSA) is 185 Å². The number of carbonyl (C=O) groups is 5. The van der Waals surface area contributed by atoms with E-state index in [4.69, 9.17) is 17.0 Å². The predicted octanol–water partition coefficient (Wildman–Crippen LogP) is 7.99. The number of β-amino-alcohol motifs (C(OH)–C–C–N with tert-alkyl or cyclic N) is 1. The highest BCUT2D eigenvalue weighted by Crippen LogP contribution is 2.39. The largest absolute Gasteiger partial charge is 0.494 e. The van der Waals surface area contributed by atoms with Gasteiger partial charge in [0.1, 0.15) is 23.1 Å². The quantitative estimate of drug-likeness (QED) is 0.0606. The van der Waals surface area contributed by atoms with Gasteiger partial charge in [0.2, 0.25) is 17.7 Å². The van der Waals surface area contributed by atoms with Crippen LogP contribution in [0.5, 0.6) is 5.75 Å². The molecule has 0 aliphatic carbocycles. The Morgan fingerprint density at radius 2 is 1.66 bits per heavy atom. The van der Waals surface area contributed by atoms with Gasteiger partial charge in [-0.2, -0.15) is 5.26 Å². The minimum atomic E-state index is -1.19. The molecule has 5 aromatic rings. The number of hydrogen-bond donors (Lipinski definition) is 3. The SMILES string of the molecule is Cc1cc(N2C(=O)C(C)(C)N(c3ccc(-c4ccc(OCCCC(=O)NCC(=O)N[C@H](C(=O)N5C[C@H](O)C[C@H]5C(=O)CCc5ccc(-c6scnc6C)cc5)C(C)(C)C)cc4)cc3F)C2=S)ccc1C#N. The predicted molar refractivity (Wildman–Crippen MR) is 275 cm³/mol. The number of aromatic nitrogens is 1. The number of amides is 4. The number of halogens is 1. The van der Waals surface area contributed by atoms with Crippen LogP contribution in [-0.2, 0) is 30.4 Å². The minimum Gasteiger partial charge on any atom is -0.494 e. The number of aliphatic hydroxyl groups excluding tert-OH is 1. The Balaban J connectivity index is 0.858. The molecular formula is C54H58FN7O7S2. The average Bonchev–Trinajstić information content (AvgIpc) is 4.00. The number of rotatable bonds is 17. The number of nitriles is 1. The summed E-state index contributed by atoms with van der Waals surface area (Å²) >= 11 is 7.31. The van der Waals surface area contributed by atoms with Gasteiger partial charge in [-0.25, -0.2) is 9.37 Å². The standard InChI is InChI=1S/C54H58FN7O7S2/c1-32-25-39(19-15-38(32)28-56)61-51(68)54(6,7)62(52(61)70)43-22-18-37(26-42(43)55)35-16-20-41(21-17-35)69-24-8-9-46(65)57-29-47(66)59-49(53(3,4)5)50(67)60-30-40(63)27-44(60)45(64)23-12-34-10-13-36(14-11-34)48-33(2)58-31-71-48/h10-11,13-22,25-26,31,40,44,49,63H,8-9,12,23-24,27,29-30H2,1-7H3,(H,57,65)(H,59,66)/t40-,44+,49-/m1/s1. The fourth-order valence-corrected chi connectivity index (χ4v) is 10.2. The second-order valence-corrected chi connectivity index (χ2v) is 20.8. The summed E-state index contributed by atoms with van der Waals surface area (Å²) < 4.78 is 21.8. The van der Waals surface area contributed by atoms with E-state index in [0.29, 0.717) is 46.5 Å². The number of benzene rings is 4. The van der Waals surface area contributed by atoms with Crippen molar-refractivity contribution in [2.24, 2.45) is 5.41 Å². The zero-order valence-electron chi connectivity index (χ0n) is 40.9. The van der Waals surface area contributed by atoms with E-state index in [-0.39, 0.29) is 67.4 Å². The maximum Gasteiger partial charge on any atom is 0.259 e. The van der Waals surface area contributed by atoms with Gasteiger partial charge in [-0.1, -0.05) is 63.2 Å². The second-order valence-electron chi connectivity index (χ2n) is 19.5. The Morgan fingerprint density at radius 1 is 0.972 bits per heavy atom. The van der Waals surface area contributed by atoms with Crippen LogP contribution in [0.4, 0.5) is 15.8 Å². The van der Waals surface area contributed by atoms with Gasteiger partial charge in [0.25, 0.3) is 5.91 Å². The molecular weight excluding hydrogens is 942 g/mol. The fraction of sp³-hybridized carbons (Fsp3) is 0.370. The van der Waals surface area contributed by atoms with E-state index in [1.54, 1.807) is 107 Å². The number of nitrogens with zero attached hydrogens (tertiary/aromatic N) is 5. The molecule has 4 aromatic carbocycles. The lowest BCUT2D eigenvalue weighted by atomic mass is 9.85. The molecule has 3 heterocycles. The van der Waals surface area contributed by atoms with Crippen molar-refractivity contribution in [3.8, 4) is 33.4 Å². The highest BCUT2D eigenvalue weighted by molar-refractivity contribution is 7.81. The number of thiocarbonyl (C=S) groups is 1. The molecule has 0 radical (unpaired) electrons. The monoisotopic (exact) mass is 999 g/mol. The molecule has 0 bridgehead atoms. The van der Waals surface area contributed by atoms with Crippen LogP contribution >= 0.6 is 23.6 Å². The van der Waals surface area contributed by atoms with E-state index in [0.717, 1.165) is 21.7 Å². The molecule has 4 amide bonds. The molecule has 3 N–H and O–H groups in total. The first kappa shape index (κ1) is 52.0. The number of anilines is 2. The van der Waals surface area contributed by atoms with Gasteiger partial charge < -0.3 is 30.3 Å². The smallest absolute Gasteiger partial charge is 0.259 e. The molecule has 2 aliphatic heterocycles. The normalized spacial score (nSPS) is 17.0. The summed E-state index contributed by atoms with van der Waals surface area (Å²) in [6, 6.07) is 25.0. The van der Waals surface area contributed by atoms with Crippen LogP contribution in [-0.4, -0.2) is 92.9 Å². The maximum absolute atomic E-state index is 15.9. The van der Waals surface area contributed by atoms with Gasteiger partial charge in [-0.05, 0) is 128 Å². The van der Waals surface area contributed by atoms with Gasteiger partial charge in [-0.15, -0.1) is 11.3 Å². The Kier molecular flexibility index (Phi) is 15.8. The number of nitrogens with one attached hydrogen (secondary N) is 2. The Hall–Kier alpha value is -6.87. The summed E-state index contributed by atoms with van der Waals surface area (Å²) in [7, 11) is 0. The molecule has 71 heavy (non-hydrogen) atoms. The van der Waals surface area contributed by atoms with E-state index in [2.05, 4.69) is 21.7 Å². The number of aliphatic hydroxyl groups is 1. The van der Waals surface area contributed by atoms with Crippen molar-refractivity contribution < 1.29 is 38.2 Å². The molecule has 14 nitrogen and oxygen atoms in total. The van der Waals surface area contributed by atoms with Gasteiger partial charge in [-0.3, -0.25) is 28.9 Å². The summed E-state index contributed by atoms with van der Waals surface area (Å²) in [5.41, 5.74) is 5.96. The lowest BCUT2D eigenvalue weighted by Gasteiger charge is -2.35. The van der Waals surface area contributed by atoms with Crippen molar-refractivity contribution >= 4 is 69.5 Å². The van der Waals surface area contributed by atoms with Crippen molar-refractivity contribution in [1.82, 2.24) is 20.5 Å². The van der Waals surface area contributed by atoms with E-state index >= 15 is 4.39 Å². The van der Waals surface area contributed by atoms with E-state index in [1.165, 1.54) is 20.8 Å². The van der Waals surface area contributed by atoms with Crippen molar-refractivity contribution in [3.63, 3.8) is 0 Å². The highest BCUT2D eigenvalue weighted by Gasteiger charge is 2.51. The summed E-state index contributed by atoms with van der Waals surface area (Å²) in [6.07, 6.45) is 0.294. The van der Waals surface area contributed by atoms with Crippen LogP contribution in [0.3, 0.4) is 0 Å². The van der Waals surface area contributed by atoms with Gasteiger partial charge in [0, 0.05) is 25.8 Å². The van der Waals surface area contributed by atoms with Crippen LogP contribution in [0.1, 0.15) is 82.7 Å². The number of carbonyl (C=O) groups excluding carboxylic acids is 5. The van der Waals surface area contributed by atoms with Crippen LogP contribution in [0.2, 0.25) is 0 Å². The van der Waals surface area contributed by atoms with Gasteiger partial charge in [0.05, 0.1) is 64.4 Å². The Labute approximate surface area is 422 Å². The summed E-state index contributed by atoms with van der Waals surface area (Å²) in [6.45, 7) is 12.3. The summed E-state index contributed by atoms with van der Waals surface area (Å²) in [4.78, 5) is 76.8. The van der Waals surface area contributed by atoms with Gasteiger partial charge >= 0.3 is 0 Å². The lowest BCUT2D eigenvalue weighted by Crippen LogP contribution is -2.58. The third-order valence-electron chi connectivity index (χ3n) is 12.9. The number of likely N-dealkylation sites (tertiary alicyclic amines) is 1. The molecule has 0 unspecified atom stereocenters. The van der Waals surface area contributed by atoms with Crippen LogP contribution in [0, 0.1) is 36.4 Å². The summed E-state index contributed by atoms with van der Waals surface area (Å²) in [5, 5.41) is 25.5. The highest BCUT2D eigenvalue weighted by atomic mass is 32.1. The zero-order valence-corrected chi connectivity index (χ0v) is 42.5. The van der Waals surface area contributed by atoms with Gasteiger partial charge in [0.15, 0.2) is 10.9 Å². The number of thiazole rings is 1. The lowest BCUT2D eigenvalue weighted by molar-refractivity contribution is -0.143. The minimum absolute atomic E-state index is 0.0287. The third-order valence-corrected chi connectivity index (χ3v) is 14.2. The molecule has 370 valence electrons. The van der Waals surface area contributed by atoms with Crippen LogP contribution in [0.15, 0.2) is 90.4 Å². The van der Waals surface area contributed by atoms with Crippen molar-refractivity contribution in [1.29, 1.82) is 5.26 Å². The number of hydrogen-bond acceptors (Lipinski definition) is 11. The number of ether oxygens (including phenoxy) is 1. The molecule has 3 atom stereocenters. The first-order valence-electron chi connectivity index (χ1n) is 23.5. The average molecular weight is 1000 g/mol. The Morgan fingerprint density at radius 3 is 2.30 bits per heavy atom. The molecule has 17 heteroatoms. The van der Waals surface area contributed by atoms with E-state index in [1.807, 2.05) is 36.7 Å². The number of ketones is 1. The van der Waals surface area contributed by atoms with Crippen LogP contribution in [0.25, 0.3) is 21.6 Å². The van der Waals surface area contributed by atoms with Crippen molar-refractivity contribution in [3.05, 3.63) is 119 Å². The number of Topliss-reactive ketones (excluding diaryl/α,β-unsaturated/α-hetero) is 1. The van der Waals surface area contributed by atoms with Crippen molar-refractivity contribution in [2.75, 3.05) is 29.5 Å². The molecule has 0 saturated carbocycles. The molecule has 7 rings (SSSR count). The van der Waals surface area contributed by atoms with Crippen molar-refractivity contribution in [2.45, 2.75) is 104 Å².